The van der Waals surface area contributed by atoms with Crippen LogP contribution in [0.5, 0.6) is 0 Å². The molecule has 0 aliphatic rings. The van der Waals surface area contributed by atoms with Crippen LogP contribution < -0.4 is 5.32 Å². The van der Waals surface area contributed by atoms with Crippen molar-refractivity contribution < 1.29 is 9.59 Å². The van der Waals surface area contributed by atoms with Crippen LogP contribution in [-0.2, 0) is 11.3 Å². The predicted molar refractivity (Wildman–Crippen MR) is 60.2 cm³/mol. The van der Waals surface area contributed by atoms with Gasteiger partial charge in [0.1, 0.15) is 5.69 Å². The van der Waals surface area contributed by atoms with E-state index in [1.807, 2.05) is 6.92 Å². The Morgan fingerprint density at radius 3 is 2.56 bits per heavy atom. The molecule has 0 aromatic carbocycles. The van der Waals surface area contributed by atoms with E-state index in [2.05, 4.69) is 10.4 Å². The van der Waals surface area contributed by atoms with Gasteiger partial charge in [0.15, 0.2) is 0 Å². The molecule has 0 aliphatic heterocycles. The number of aryl methyl sites for hydroxylation is 1. The third-order valence-electron chi connectivity index (χ3n) is 2.06. The van der Waals surface area contributed by atoms with Crippen molar-refractivity contribution in [2.75, 3.05) is 19.4 Å². The van der Waals surface area contributed by atoms with Crippen molar-refractivity contribution in [2.24, 2.45) is 0 Å². The molecule has 16 heavy (non-hydrogen) atoms. The lowest BCUT2D eigenvalue weighted by Gasteiger charge is -2.13. The highest BCUT2D eigenvalue weighted by atomic mass is 16.2. The number of nitrogens with one attached hydrogen (secondary N) is 1. The molecule has 6 heteroatoms. The van der Waals surface area contributed by atoms with Crippen LogP contribution in [0.3, 0.4) is 0 Å². The summed E-state index contributed by atoms with van der Waals surface area (Å²) >= 11 is 0. The van der Waals surface area contributed by atoms with Crippen molar-refractivity contribution in [2.45, 2.75) is 20.4 Å². The number of nitrogens with zero attached hydrogens (tertiary/aromatic N) is 3. The zero-order valence-corrected chi connectivity index (χ0v) is 9.94. The first-order valence-corrected chi connectivity index (χ1v) is 5.02. The quantitative estimate of drug-likeness (QED) is 0.815. The molecule has 0 aliphatic carbocycles. The molecule has 0 spiro atoms. The third kappa shape index (κ3) is 2.39. The molecular formula is C10H16N4O2. The highest BCUT2D eigenvalue weighted by molar-refractivity contribution is 6.01. The van der Waals surface area contributed by atoms with Gasteiger partial charge in [0, 0.05) is 27.6 Å². The number of aromatic nitrogens is 2. The van der Waals surface area contributed by atoms with Gasteiger partial charge in [-0.15, -0.1) is 0 Å². The molecule has 0 saturated carbocycles. The van der Waals surface area contributed by atoms with Crippen LogP contribution in [0.25, 0.3) is 0 Å². The van der Waals surface area contributed by atoms with E-state index in [1.165, 1.54) is 18.0 Å². The lowest BCUT2D eigenvalue weighted by molar-refractivity contribution is -0.114. The Bertz CT molecular complexity index is 409. The minimum Gasteiger partial charge on any atom is -0.343 e. The van der Waals surface area contributed by atoms with E-state index >= 15 is 0 Å². The highest BCUT2D eigenvalue weighted by Crippen LogP contribution is 2.16. The summed E-state index contributed by atoms with van der Waals surface area (Å²) in [4.78, 5) is 24.3. The minimum absolute atomic E-state index is 0.178. The standard InChI is InChI=1S/C10H16N4O2/c1-5-14-9(10(16)13(3)4)8(6-11-14)12-7(2)15/h6H,5H2,1-4H3,(H,12,15). The average molecular weight is 224 g/mol. The Kier molecular flexibility index (Phi) is 3.65. The first kappa shape index (κ1) is 12.2. The molecule has 0 saturated heterocycles. The summed E-state index contributed by atoms with van der Waals surface area (Å²) in [6, 6.07) is 0. The second-order valence-electron chi connectivity index (χ2n) is 3.60. The summed E-state index contributed by atoms with van der Waals surface area (Å²) in [5.41, 5.74) is 0.857. The minimum atomic E-state index is -0.219. The molecule has 2 amide bonds. The lowest BCUT2D eigenvalue weighted by Crippen LogP contribution is -2.26. The van der Waals surface area contributed by atoms with Gasteiger partial charge in [-0.25, -0.2) is 0 Å². The van der Waals surface area contributed by atoms with E-state index in [1.54, 1.807) is 18.8 Å². The maximum atomic E-state index is 11.9. The number of anilines is 1. The summed E-state index contributed by atoms with van der Waals surface area (Å²) in [5, 5.41) is 6.64. The number of rotatable bonds is 3. The van der Waals surface area contributed by atoms with Crippen LogP contribution in [0.1, 0.15) is 24.3 Å². The van der Waals surface area contributed by atoms with Crippen LogP contribution in [0.4, 0.5) is 5.69 Å². The smallest absolute Gasteiger partial charge is 0.273 e. The molecule has 1 aromatic heterocycles. The Morgan fingerprint density at radius 2 is 2.12 bits per heavy atom. The van der Waals surface area contributed by atoms with E-state index in [0.717, 1.165) is 0 Å². The zero-order chi connectivity index (χ0) is 12.3. The van der Waals surface area contributed by atoms with Crippen LogP contribution in [-0.4, -0.2) is 40.6 Å². The number of hydrogen-bond acceptors (Lipinski definition) is 3. The first-order valence-electron chi connectivity index (χ1n) is 5.02. The summed E-state index contributed by atoms with van der Waals surface area (Å²) < 4.78 is 1.56. The summed E-state index contributed by atoms with van der Waals surface area (Å²) in [6.45, 7) is 3.86. The van der Waals surface area contributed by atoms with Gasteiger partial charge in [-0.2, -0.15) is 5.10 Å². The molecule has 1 aromatic rings. The molecule has 0 unspecified atom stereocenters. The second kappa shape index (κ2) is 4.78. The van der Waals surface area contributed by atoms with Crippen molar-refractivity contribution in [3.8, 4) is 0 Å². The van der Waals surface area contributed by atoms with Gasteiger partial charge >= 0.3 is 0 Å². The van der Waals surface area contributed by atoms with Crippen LogP contribution in [0, 0.1) is 0 Å². The largest absolute Gasteiger partial charge is 0.343 e. The van der Waals surface area contributed by atoms with Crippen molar-refractivity contribution in [1.82, 2.24) is 14.7 Å². The summed E-state index contributed by atoms with van der Waals surface area (Å²) in [6.07, 6.45) is 1.49. The maximum Gasteiger partial charge on any atom is 0.273 e. The van der Waals surface area contributed by atoms with Crippen LogP contribution in [0.15, 0.2) is 6.20 Å². The Labute approximate surface area is 94.2 Å². The monoisotopic (exact) mass is 224 g/mol. The number of amides is 2. The Balaban J connectivity index is 3.15. The highest BCUT2D eigenvalue weighted by Gasteiger charge is 2.19. The van der Waals surface area contributed by atoms with Crippen LogP contribution in [0.2, 0.25) is 0 Å². The van der Waals surface area contributed by atoms with E-state index in [4.69, 9.17) is 0 Å². The van der Waals surface area contributed by atoms with Gasteiger partial charge in [0.2, 0.25) is 5.91 Å². The van der Waals surface area contributed by atoms with Gasteiger partial charge in [0.05, 0.1) is 11.9 Å². The van der Waals surface area contributed by atoms with Gasteiger partial charge in [-0.05, 0) is 6.92 Å². The van der Waals surface area contributed by atoms with Gasteiger partial charge < -0.3 is 10.2 Å². The van der Waals surface area contributed by atoms with E-state index in [0.29, 0.717) is 17.9 Å². The van der Waals surface area contributed by atoms with Crippen molar-refractivity contribution in [1.29, 1.82) is 0 Å². The molecule has 0 radical (unpaired) electrons. The number of carbonyl (C=O) groups excluding carboxylic acids is 2. The fourth-order valence-corrected chi connectivity index (χ4v) is 1.34. The fourth-order valence-electron chi connectivity index (χ4n) is 1.34. The van der Waals surface area contributed by atoms with Crippen molar-refractivity contribution in [3.63, 3.8) is 0 Å². The first-order chi connectivity index (χ1) is 7.47. The molecule has 6 nitrogen and oxygen atoms in total. The average Bonchev–Trinajstić information content (AvgIpc) is 2.58. The Morgan fingerprint density at radius 1 is 1.50 bits per heavy atom. The summed E-state index contributed by atoms with van der Waals surface area (Å²) in [7, 11) is 3.32. The maximum absolute atomic E-state index is 11.9. The van der Waals surface area contributed by atoms with Gasteiger partial charge in [0.25, 0.3) is 5.91 Å². The molecule has 0 fully saturated rings. The van der Waals surface area contributed by atoms with Crippen molar-refractivity contribution in [3.05, 3.63) is 11.9 Å². The number of hydrogen-bond donors (Lipinski definition) is 1. The molecule has 1 rings (SSSR count). The number of carbonyl (C=O) groups is 2. The lowest BCUT2D eigenvalue weighted by atomic mass is 10.3. The topological polar surface area (TPSA) is 67.2 Å². The fraction of sp³-hybridized carbons (Fsp3) is 0.500. The van der Waals surface area contributed by atoms with E-state index in [9.17, 15) is 9.59 Å². The SMILES string of the molecule is CCn1ncc(NC(C)=O)c1C(=O)N(C)C. The summed E-state index contributed by atoms with van der Waals surface area (Å²) in [5.74, 6) is -0.397. The second-order valence-corrected chi connectivity index (χ2v) is 3.60. The molecule has 0 atom stereocenters. The van der Waals surface area contributed by atoms with E-state index in [-0.39, 0.29) is 11.8 Å². The van der Waals surface area contributed by atoms with Gasteiger partial charge in [-0.3, -0.25) is 14.3 Å². The molecule has 88 valence electrons. The molecule has 1 heterocycles. The molecule has 1 N–H and O–H groups in total. The van der Waals surface area contributed by atoms with E-state index < -0.39 is 0 Å². The Hall–Kier alpha value is -1.85. The third-order valence-corrected chi connectivity index (χ3v) is 2.06. The van der Waals surface area contributed by atoms with Gasteiger partial charge in [-0.1, -0.05) is 0 Å². The normalized spacial score (nSPS) is 10.0. The predicted octanol–water partition coefficient (Wildman–Crippen LogP) is 0.563. The molecule has 0 bridgehead atoms. The van der Waals surface area contributed by atoms with Crippen molar-refractivity contribution >= 4 is 17.5 Å². The molecular weight excluding hydrogens is 208 g/mol. The zero-order valence-electron chi connectivity index (χ0n) is 9.94. The van der Waals surface area contributed by atoms with Crippen LogP contribution >= 0.6 is 0 Å².